The first kappa shape index (κ1) is 54.7. The summed E-state index contributed by atoms with van der Waals surface area (Å²) >= 11 is 0. The second-order valence-corrected chi connectivity index (χ2v) is 17.6. The van der Waals surface area contributed by atoms with Crippen LogP contribution in [0.2, 0.25) is 0 Å². The van der Waals surface area contributed by atoms with Gasteiger partial charge in [0.05, 0.1) is 28.3 Å². The molecule has 0 N–H and O–H groups in total. The Kier molecular flexibility index (Phi) is 19.6. The van der Waals surface area contributed by atoms with E-state index in [4.69, 9.17) is 0 Å². The number of nitrogens with zero attached hydrogens (tertiary/aromatic N) is 6. The highest BCUT2D eigenvalue weighted by Gasteiger charge is 2.36. The van der Waals surface area contributed by atoms with Gasteiger partial charge < -0.3 is 14.2 Å². The molecule has 0 saturated carbocycles. The zero-order valence-corrected chi connectivity index (χ0v) is 39.8. The quantitative estimate of drug-likeness (QED) is 0.00723. The van der Waals surface area contributed by atoms with Crippen LogP contribution in [0.15, 0.2) is 65.6 Å². The summed E-state index contributed by atoms with van der Waals surface area (Å²) in [4.78, 5) is 14.4. The highest BCUT2D eigenvalue weighted by atomic mass is 19.2. The van der Waals surface area contributed by atoms with Gasteiger partial charge in [0.2, 0.25) is 34.9 Å². The Balaban J connectivity index is 1.69. The molecule has 2 unspecified atom stereocenters. The minimum Gasteiger partial charge on any atom is -0.871 e. The summed E-state index contributed by atoms with van der Waals surface area (Å²) in [6, 6.07) is 6.06. The molecule has 1 aliphatic carbocycles. The summed E-state index contributed by atoms with van der Waals surface area (Å²) in [5.74, 6) is -22.8. The van der Waals surface area contributed by atoms with Crippen molar-refractivity contribution in [2.45, 2.75) is 118 Å². The molecule has 4 aromatic rings. The van der Waals surface area contributed by atoms with Crippen LogP contribution in [0, 0.1) is 70.0 Å². The van der Waals surface area contributed by atoms with Crippen molar-refractivity contribution in [3.8, 4) is 0 Å². The minimum absolute atomic E-state index is 0.0344. The van der Waals surface area contributed by atoms with Crippen LogP contribution in [-0.4, -0.2) is 38.9 Å². The summed E-state index contributed by atoms with van der Waals surface area (Å²) in [5, 5.41) is 24.0. The molecule has 0 saturated heterocycles. The minimum atomic E-state index is -2.32. The first-order valence-corrected chi connectivity index (χ1v) is 23.6. The molecular weight excluding hydrogens is 931 g/mol. The smallest absolute Gasteiger partial charge is 0.309 e. The number of unbranched alkanes of at least 4 members (excludes halogenated alkanes) is 6. The van der Waals surface area contributed by atoms with Crippen molar-refractivity contribution in [1.29, 1.82) is 0 Å². The number of hydrogen-bond acceptors (Lipinski definition) is 5. The summed E-state index contributed by atoms with van der Waals surface area (Å²) in [6.45, 7) is 15.2. The van der Waals surface area contributed by atoms with Crippen molar-refractivity contribution in [2.75, 3.05) is 18.1 Å². The largest absolute Gasteiger partial charge is 0.871 e. The van der Waals surface area contributed by atoms with Gasteiger partial charge >= 0.3 is 5.69 Å². The number of hydrazone groups is 1. The van der Waals surface area contributed by atoms with Gasteiger partial charge in [0, 0.05) is 37.2 Å². The van der Waals surface area contributed by atoms with Gasteiger partial charge in [0.15, 0.2) is 35.6 Å². The van der Waals surface area contributed by atoms with Gasteiger partial charge in [-0.3, -0.25) is 9.80 Å². The van der Waals surface area contributed by atoms with E-state index in [2.05, 4.69) is 23.4 Å². The van der Waals surface area contributed by atoms with Crippen molar-refractivity contribution in [3.05, 3.63) is 136 Å². The molecule has 18 heteroatoms. The molecule has 5 rings (SSSR count). The lowest BCUT2D eigenvalue weighted by Crippen LogP contribution is -2.39. The molecule has 2 aromatic carbocycles. The van der Waals surface area contributed by atoms with Crippen molar-refractivity contribution >= 4 is 40.7 Å². The molecule has 0 fully saturated rings. The van der Waals surface area contributed by atoms with Crippen LogP contribution < -0.4 is 20.8 Å². The summed E-state index contributed by atoms with van der Waals surface area (Å²) in [6.07, 6.45) is 12.9. The number of rotatable bonds is 26. The Hall–Kier alpha value is -6.20. The first-order valence-electron chi connectivity index (χ1n) is 23.6. The Morgan fingerprint density at radius 3 is 1.74 bits per heavy atom. The van der Waals surface area contributed by atoms with Gasteiger partial charge in [-0.05, 0) is 86.2 Å². The molecule has 2 atom stereocenters. The SMILES string of the molecule is C=CCCCCN(/N=C/c1ccc(C2=C([O-])/C(=c3/cc/c(=C\N=[N+](CCCCC=C)c4c(F)c(F)c(F)c(F)c4F)n3CC(C)CCCC)C2=O)n1CC(C)CCCC)c1c(F)c(F)c(F)c(F)c1F. The maximum Gasteiger partial charge on any atom is 0.309 e. The molecule has 70 heavy (non-hydrogen) atoms. The van der Waals surface area contributed by atoms with E-state index in [0.29, 0.717) is 35.4 Å². The van der Waals surface area contributed by atoms with E-state index in [1.807, 2.05) is 27.7 Å². The standard InChI is InChI=1S/C52H58F10N6O2/c1-7-11-15-17-25-67(49-45(59)41(55)39(53)42(56)46(49)60)63-27-33-21-23-35(65(33)29-31(5)19-13-9-3)37-51(69)38(52(37)70)36-24-22-34(66(36)30-32(6)20-14-10-4)28-64-68(26-18-16-12-8-2)50-47(61)43(57)40(54)44(58)48(50)62/h7-8,21-24,27-28,31-32H,1-2,9-20,25-26,29-30H2,3-6H3. The molecule has 0 bridgehead atoms. The number of halogens is 10. The number of carbonyl (C=O) groups excluding carboxylic acids is 1. The van der Waals surface area contributed by atoms with Crippen LogP contribution in [-0.2, 0) is 17.9 Å². The molecule has 378 valence electrons. The van der Waals surface area contributed by atoms with Crippen molar-refractivity contribution < 1.29 is 58.5 Å². The number of Topliss-reactive ketones (excluding diaryl/α,β-unsaturated/α-hetero) is 1. The van der Waals surface area contributed by atoms with E-state index in [1.165, 1.54) is 36.7 Å². The van der Waals surface area contributed by atoms with Crippen LogP contribution in [0.3, 0.4) is 0 Å². The van der Waals surface area contributed by atoms with E-state index in [1.54, 1.807) is 21.3 Å². The summed E-state index contributed by atoms with van der Waals surface area (Å²) in [5.41, 5.74) is -2.40. The molecule has 0 radical (unpaired) electrons. The third-order valence-corrected chi connectivity index (χ3v) is 12.1. The Labute approximate surface area is 401 Å². The Morgan fingerprint density at radius 1 is 0.671 bits per heavy atom. The average molecular weight is 989 g/mol. The van der Waals surface area contributed by atoms with Gasteiger partial charge in [0.25, 0.3) is 0 Å². The highest BCUT2D eigenvalue weighted by molar-refractivity contribution is 6.51. The molecule has 2 heterocycles. The highest BCUT2D eigenvalue weighted by Crippen LogP contribution is 2.37. The molecule has 0 spiro atoms. The van der Waals surface area contributed by atoms with Gasteiger partial charge in [-0.25, -0.2) is 35.1 Å². The second kappa shape index (κ2) is 25.1. The first-order chi connectivity index (χ1) is 33.4. The van der Waals surface area contributed by atoms with Crippen LogP contribution in [0.1, 0.15) is 116 Å². The summed E-state index contributed by atoms with van der Waals surface area (Å²) < 4.78 is 151. The fourth-order valence-electron chi connectivity index (χ4n) is 8.26. The number of carbonyl (C=O) groups is 1. The molecular formula is C52H58F10N6O2. The van der Waals surface area contributed by atoms with Crippen LogP contribution in [0.4, 0.5) is 55.3 Å². The third kappa shape index (κ3) is 12.0. The van der Waals surface area contributed by atoms with Crippen LogP contribution in [0.5, 0.6) is 0 Å². The monoisotopic (exact) mass is 988 g/mol. The summed E-state index contributed by atoms with van der Waals surface area (Å²) in [7, 11) is 0. The third-order valence-electron chi connectivity index (χ3n) is 12.1. The van der Waals surface area contributed by atoms with Gasteiger partial charge in [-0.2, -0.15) is 13.9 Å². The van der Waals surface area contributed by atoms with E-state index < -0.39 is 81.1 Å². The molecule has 0 amide bonds. The Morgan fingerprint density at radius 2 is 1.20 bits per heavy atom. The lowest BCUT2D eigenvalue weighted by Gasteiger charge is -2.32. The Bertz CT molecular complexity index is 2730. The lowest BCUT2D eigenvalue weighted by molar-refractivity contribution is -0.512. The van der Waals surface area contributed by atoms with Crippen molar-refractivity contribution in [3.63, 3.8) is 0 Å². The predicted molar refractivity (Wildman–Crippen MR) is 248 cm³/mol. The van der Waals surface area contributed by atoms with Gasteiger partial charge in [-0.1, -0.05) is 76.0 Å². The molecule has 0 aliphatic heterocycles. The molecule has 1 aliphatic rings. The fourth-order valence-corrected chi connectivity index (χ4v) is 8.26. The zero-order valence-electron chi connectivity index (χ0n) is 39.8. The van der Waals surface area contributed by atoms with Crippen LogP contribution >= 0.6 is 0 Å². The van der Waals surface area contributed by atoms with Crippen molar-refractivity contribution in [1.82, 2.24) is 9.13 Å². The zero-order chi connectivity index (χ0) is 51.4. The normalized spacial score (nSPS) is 15.1. The number of hydrogen-bond donors (Lipinski definition) is 0. The maximum absolute atomic E-state index is 15.2. The van der Waals surface area contributed by atoms with E-state index in [0.717, 1.165) is 38.5 Å². The van der Waals surface area contributed by atoms with E-state index in [-0.39, 0.29) is 84.1 Å². The molecule has 8 nitrogen and oxygen atoms in total. The van der Waals surface area contributed by atoms with E-state index in [9.17, 15) is 36.2 Å². The number of anilines is 1. The van der Waals surface area contributed by atoms with E-state index >= 15 is 17.6 Å². The fraction of sp³-hybridized carbons (Fsp3) is 0.423. The number of aromatic nitrogens is 2. The number of benzene rings is 2. The molecule has 2 aromatic heterocycles. The average Bonchev–Trinajstić information content (AvgIpc) is 3.92. The predicted octanol–water partition coefficient (Wildman–Crippen LogP) is 11.9. The number of allylic oxidation sites excluding steroid dienone is 4. The number of azo groups is 2. The second-order valence-electron chi connectivity index (χ2n) is 17.6. The van der Waals surface area contributed by atoms with Gasteiger partial charge in [-0.15, -0.1) is 13.2 Å². The number of ketones is 1. The van der Waals surface area contributed by atoms with Crippen LogP contribution in [0.25, 0.3) is 17.3 Å². The van der Waals surface area contributed by atoms with Gasteiger partial charge in [0.1, 0.15) is 11.9 Å². The topological polar surface area (TPSA) is 81.0 Å². The maximum atomic E-state index is 15.2. The lowest BCUT2D eigenvalue weighted by atomic mass is 9.85. The van der Waals surface area contributed by atoms with Crippen molar-refractivity contribution in [2.24, 2.45) is 22.1 Å².